The maximum Gasteiger partial charge on any atom is 0.539 e. The maximum absolute atomic E-state index is 12.8. The van der Waals surface area contributed by atoms with Gasteiger partial charge in [0, 0.05) is 49.5 Å². The Morgan fingerprint density at radius 2 is 1.69 bits per heavy atom. The largest absolute Gasteiger partial charge is 0.539 e. The van der Waals surface area contributed by atoms with Gasteiger partial charge in [-0.15, -0.1) is 13.2 Å². The molecule has 2 aromatic carbocycles. The van der Waals surface area contributed by atoms with E-state index < -0.39 is 6.36 Å². The molecule has 4 heterocycles. The lowest BCUT2D eigenvalue weighted by Gasteiger charge is -2.47. The van der Waals surface area contributed by atoms with E-state index in [1.54, 1.807) is 7.11 Å². The van der Waals surface area contributed by atoms with Crippen LogP contribution in [0.3, 0.4) is 0 Å². The summed E-state index contributed by atoms with van der Waals surface area (Å²) >= 11 is 0. The lowest BCUT2D eigenvalue weighted by molar-refractivity contribution is -0.414. The van der Waals surface area contributed by atoms with Gasteiger partial charge in [-0.1, -0.05) is 18.9 Å². The number of hydrogen-bond donors (Lipinski definition) is 0. The van der Waals surface area contributed by atoms with Crippen molar-refractivity contribution < 1.29 is 32.2 Å². The van der Waals surface area contributed by atoms with Crippen molar-refractivity contribution in [3.05, 3.63) is 46.5 Å². The van der Waals surface area contributed by atoms with E-state index in [1.807, 2.05) is 6.07 Å². The second-order valence-electron chi connectivity index (χ2n) is 10.9. The van der Waals surface area contributed by atoms with Gasteiger partial charge >= 0.3 is 6.36 Å². The summed E-state index contributed by atoms with van der Waals surface area (Å²) in [6.45, 7) is 2.30. The third kappa shape index (κ3) is 4.37. The van der Waals surface area contributed by atoms with Crippen LogP contribution in [0.5, 0.6) is 17.2 Å². The molecule has 0 spiro atoms. The van der Waals surface area contributed by atoms with Crippen LogP contribution < -0.4 is 19.1 Å². The second kappa shape index (κ2) is 9.52. The molecule has 208 valence electrons. The van der Waals surface area contributed by atoms with Crippen molar-refractivity contribution in [1.82, 2.24) is 9.96 Å². The predicted octanol–water partition coefficient (Wildman–Crippen LogP) is 5.60. The highest BCUT2D eigenvalue weighted by molar-refractivity contribution is 5.89. The molecule has 1 saturated carbocycles. The molecule has 0 aromatic heterocycles. The normalized spacial score (nSPS) is 22.9. The minimum atomic E-state index is -4.68. The summed E-state index contributed by atoms with van der Waals surface area (Å²) in [6, 6.07) is 8.53. The third-order valence-electron chi connectivity index (χ3n) is 8.80. The smallest absolute Gasteiger partial charge is 0.495 e. The molecule has 39 heavy (non-hydrogen) atoms. The molecule has 0 radical (unpaired) electrons. The monoisotopic (exact) mass is 543 g/mol. The number of methoxy groups -OCH3 is 1. The van der Waals surface area contributed by atoms with Gasteiger partial charge in [0.2, 0.25) is 6.79 Å². The van der Waals surface area contributed by atoms with Crippen molar-refractivity contribution in [1.29, 1.82) is 0 Å². The van der Waals surface area contributed by atoms with Gasteiger partial charge in [-0.2, -0.15) is 5.06 Å². The molecule has 1 atom stereocenters. The van der Waals surface area contributed by atoms with Gasteiger partial charge < -0.3 is 24.0 Å². The highest BCUT2D eigenvalue weighted by Crippen LogP contribution is 2.54. The molecule has 5 aliphatic rings. The van der Waals surface area contributed by atoms with Crippen LogP contribution in [0, 0.1) is 5.92 Å². The number of nitrogens with zero attached hydrogens (tertiary/aromatic N) is 3. The van der Waals surface area contributed by atoms with Gasteiger partial charge in [0.05, 0.1) is 18.8 Å². The van der Waals surface area contributed by atoms with Gasteiger partial charge in [0.1, 0.15) is 5.75 Å². The minimum absolute atomic E-state index is 0.159. The number of hydroxylamine groups is 2. The van der Waals surface area contributed by atoms with Crippen molar-refractivity contribution in [3.8, 4) is 17.2 Å². The molecule has 2 fully saturated rings. The summed E-state index contributed by atoms with van der Waals surface area (Å²) in [5, 5.41) is 1.01. The van der Waals surface area contributed by atoms with Crippen LogP contribution in [-0.2, 0) is 11.3 Å². The molecule has 0 N–H and O–H groups in total. The number of rotatable bonds is 4. The van der Waals surface area contributed by atoms with Crippen LogP contribution in [0.4, 0.5) is 18.9 Å². The Morgan fingerprint density at radius 3 is 2.41 bits per heavy atom. The molecule has 2 aromatic rings. The molecule has 1 aliphatic carbocycles. The van der Waals surface area contributed by atoms with E-state index in [4.69, 9.17) is 14.2 Å². The maximum atomic E-state index is 12.8. The SMILES string of the molecule is COc1ccc2c(c1N1CCN(OC(F)(F)F)CC1)C(C1CCCC1)N1CCc3cc4c(cc3C1=C2)OCO4. The van der Waals surface area contributed by atoms with Crippen molar-refractivity contribution in [2.24, 2.45) is 5.92 Å². The molecular formula is C29H32F3N3O4. The number of alkyl halides is 3. The van der Waals surface area contributed by atoms with Crippen LogP contribution in [0.25, 0.3) is 11.8 Å². The Balaban J connectivity index is 1.32. The number of hydrogen-bond acceptors (Lipinski definition) is 7. The van der Waals surface area contributed by atoms with Crippen LogP contribution in [-0.4, -0.2) is 63.0 Å². The van der Waals surface area contributed by atoms with E-state index in [2.05, 4.69) is 38.9 Å². The number of piperazine rings is 1. The van der Waals surface area contributed by atoms with E-state index in [0.717, 1.165) is 59.4 Å². The van der Waals surface area contributed by atoms with Crippen LogP contribution >= 0.6 is 0 Å². The topological polar surface area (TPSA) is 46.6 Å². The van der Waals surface area contributed by atoms with E-state index in [1.165, 1.54) is 35.2 Å². The summed E-state index contributed by atoms with van der Waals surface area (Å²) < 4.78 is 55.8. The molecule has 0 amide bonds. The summed E-state index contributed by atoms with van der Waals surface area (Å²) in [4.78, 5) is 8.96. The van der Waals surface area contributed by atoms with Crippen LogP contribution in [0.1, 0.15) is 54.0 Å². The van der Waals surface area contributed by atoms with Gasteiger partial charge in [0.15, 0.2) is 11.5 Å². The van der Waals surface area contributed by atoms with Gasteiger partial charge in [-0.05, 0) is 60.6 Å². The van der Waals surface area contributed by atoms with Crippen molar-refractivity contribution in [2.75, 3.05) is 51.5 Å². The first-order chi connectivity index (χ1) is 18.9. The molecule has 1 unspecified atom stereocenters. The van der Waals surface area contributed by atoms with Crippen LogP contribution in [0.2, 0.25) is 0 Å². The van der Waals surface area contributed by atoms with Gasteiger partial charge in [-0.3, -0.25) is 0 Å². The van der Waals surface area contributed by atoms with Crippen molar-refractivity contribution in [2.45, 2.75) is 44.5 Å². The summed E-state index contributed by atoms with van der Waals surface area (Å²) in [7, 11) is 1.67. The van der Waals surface area contributed by atoms with Crippen LogP contribution in [0.15, 0.2) is 24.3 Å². The van der Waals surface area contributed by atoms with Gasteiger partial charge in [0.25, 0.3) is 0 Å². The Morgan fingerprint density at radius 1 is 0.949 bits per heavy atom. The first-order valence-corrected chi connectivity index (χ1v) is 13.8. The highest BCUT2D eigenvalue weighted by atomic mass is 19.4. The lowest BCUT2D eigenvalue weighted by Crippen LogP contribution is -2.49. The Hall–Kier alpha value is -3.11. The summed E-state index contributed by atoms with van der Waals surface area (Å²) in [5.41, 5.74) is 7.05. The number of fused-ring (bicyclic) bond motifs is 5. The molecule has 7 rings (SSSR count). The van der Waals surface area contributed by atoms with E-state index in [9.17, 15) is 13.2 Å². The first-order valence-electron chi connectivity index (χ1n) is 13.8. The molecule has 4 aliphatic heterocycles. The third-order valence-corrected chi connectivity index (χ3v) is 8.80. The fourth-order valence-electron chi connectivity index (χ4n) is 7.14. The molecule has 0 bridgehead atoms. The predicted molar refractivity (Wildman–Crippen MR) is 139 cm³/mol. The fraction of sp³-hybridized carbons (Fsp3) is 0.517. The van der Waals surface area contributed by atoms with E-state index >= 15 is 0 Å². The zero-order valence-corrected chi connectivity index (χ0v) is 21.9. The van der Waals surface area contributed by atoms with Crippen molar-refractivity contribution in [3.63, 3.8) is 0 Å². The zero-order chi connectivity index (χ0) is 26.7. The molecule has 10 heteroatoms. The Labute approximate surface area is 225 Å². The Kier molecular flexibility index (Phi) is 6.08. The summed E-state index contributed by atoms with van der Waals surface area (Å²) in [6.07, 6.45) is 3.25. The highest BCUT2D eigenvalue weighted by Gasteiger charge is 2.42. The Bertz CT molecular complexity index is 1300. The van der Waals surface area contributed by atoms with E-state index in [0.29, 0.717) is 19.0 Å². The standard InChI is InChI=1S/C29H32F3N3O4/c1-36-23-7-6-20-14-22-21-16-25-24(37-17-38-25)15-19(21)8-9-35(22)27(18-4-2-3-5-18)26(20)28(23)33-10-12-34(13-11-33)39-29(30,31)32/h6-7,14-16,18,27H,2-5,8-13,17H2,1H3. The minimum Gasteiger partial charge on any atom is -0.495 e. The summed E-state index contributed by atoms with van der Waals surface area (Å²) in [5.74, 6) is 2.85. The van der Waals surface area contributed by atoms with Gasteiger partial charge in [-0.25, -0.2) is 4.84 Å². The molecular weight excluding hydrogens is 511 g/mol. The average Bonchev–Trinajstić information content (AvgIpc) is 3.62. The molecule has 1 saturated heterocycles. The fourth-order valence-corrected chi connectivity index (χ4v) is 7.14. The quantitative estimate of drug-likeness (QED) is 0.498. The number of anilines is 1. The first kappa shape index (κ1) is 24.9. The number of halogens is 3. The van der Waals surface area contributed by atoms with Crippen molar-refractivity contribution >= 4 is 17.5 Å². The second-order valence-corrected chi connectivity index (χ2v) is 10.9. The van der Waals surface area contributed by atoms with E-state index in [-0.39, 0.29) is 25.9 Å². The lowest BCUT2D eigenvalue weighted by atomic mass is 9.79. The number of benzene rings is 2. The average molecular weight is 544 g/mol. The zero-order valence-electron chi connectivity index (χ0n) is 21.9. The number of ether oxygens (including phenoxy) is 3. The molecule has 7 nitrogen and oxygen atoms in total.